The van der Waals surface area contributed by atoms with Gasteiger partial charge in [0.05, 0.1) is 20.8 Å². The van der Waals surface area contributed by atoms with Gasteiger partial charge in [0, 0.05) is 16.8 Å². The third kappa shape index (κ3) is 5.26. The summed E-state index contributed by atoms with van der Waals surface area (Å²) in [7, 11) is 0. The largest absolute Gasteiger partial charge is 0.310 e. The molecule has 0 heterocycles. The minimum absolute atomic E-state index is 0.0489. The van der Waals surface area contributed by atoms with Gasteiger partial charge in [0.1, 0.15) is 0 Å². The first kappa shape index (κ1) is 17.4. The van der Waals surface area contributed by atoms with Crippen LogP contribution in [0.2, 0.25) is 0 Å². The Hall–Kier alpha value is -5.92. The van der Waals surface area contributed by atoms with Crippen molar-refractivity contribution in [3.63, 3.8) is 0 Å². The van der Waals surface area contributed by atoms with Crippen molar-refractivity contribution in [3.05, 3.63) is 188 Å². The quantitative estimate of drug-likeness (QED) is 0.188. The van der Waals surface area contributed by atoms with Gasteiger partial charge in [-0.3, -0.25) is 0 Å². The van der Waals surface area contributed by atoms with Gasteiger partial charge in [-0.05, 0) is 85.9 Å². The molecule has 0 radical (unpaired) electrons. The Morgan fingerprint density at radius 3 is 1.76 bits per heavy atom. The fourth-order valence-electron chi connectivity index (χ4n) is 5.56. The molecule has 0 aliphatic carbocycles. The molecule has 0 fully saturated rings. The maximum atomic E-state index is 9.65. The molecule has 1 nitrogen and oxygen atoms in total. The first-order valence-corrected chi connectivity index (χ1v) is 14.5. The van der Waals surface area contributed by atoms with Crippen LogP contribution in [0.3, 0.4) is 0 Å². The van der Waals surface area contributed by atoms with Crippen LogP contribution in [-0.2, 0) is 0 Å². The lowest BCUT2D eigenvalue weighted by Gasteiger charge is -2.27. The van der Waals surface area contributed by atoms with E-state index in [1.165, 1.54) is 4.90 Å². The predicted molar refractivity (Wildman–Crippen MR) is 192 cm³/mol. The van der Waals surface area contributed by atoms with E-state index in [9.17, 15) is 4.11 Å². The second-order valence-corrected chi connectivity index (χ2v) is 10.6. The van der Waals surface area contributed by atoms with Crippen molar-refractivity contribution >= 4 is 38.6 Å². The molecular formula is C44H31N. The summed E-state index contributed by atoms with van der Waals surface area (Å²) < 4.78 is 98.3. The summed E-state index contributed by atoms with van der Waals surface area (Å²) in [4.78, 5) is 1.30. The Morgan fingerprint density at radius 2 is 0.978 bits per heavy atom. The van der Waals surface area contributed by atoms with Crippen LogP contribution in [0.15, 0.2) is 188 Å². The molecule has 212 valence electrons. The SMILES string of the molecule is [2H]c1c([2H])c(-c2ccc3ccccc3c2)c([2H])c(N(c2ccc(-c3ccc(-c4ccccc4)cc3)cc2)c2c([2H])c([2H])c([2H])c3c([2H])c([2H])c([2H])c([2H])c23)c1[2H]. The molecule has 0 aliphatic heterocycles. The molecule has 0 unspecified atom stereocenters. The van der Waals surface area contributed by atoms with Gasteiger partial charge in [0.25, 0.3) is 0 Å². The Morgan fingerprint density at radius 1 is 0.378 bits per heavy atom. The molecule has 0 atom stereocenters. The van der Waals surface area contributed by atoms with Crippen molar-refractivity contribution in [1.82, 2.24) is 0 Å². The summed E-state index contributed by atoms with van der Waals surface area (Å²) in [6.45, 7) is 0. The van der Waals surface area contributed by atoms with Crippen LogP contribution < -0.4 is 4.90 Å². The van der Waals surface area contributed by atoms with E-state index in [4.69, 9.17) is 11.0 Å². The normalized spacial score (nSPS) is 14.5. The molecule has 0 saturated heterocycles. The minimum atomic E-state index is -0.619. The number of hydrogen-bond acceptors (Lipinski definition) is 1. The maximum Gasteiger partial charge on any atom is 0.0651 e. The summed E-state index contributed by atoms with van der Waals surface area (Å²) in [6, 6.07) is 32.1. The Balaban J connectivity index is 1.41. The van der Waals surface area contributed by atoms with Crippen LogP contribution in [0.1, 0.15) is 15.1 Å². The van der Waals surface area contributed by atoms with Gasteiger partial charge in [-0.25, -0.2) is 0 Å². The van der Waals surface area contributed by atoms with Crippen LogP contribution in [0.25, 0.3) is 54.9 Å². The summed E-state index contributed by atoms with van der Waals surface area (Å²) >= 11 is 0. The van der Waals surface area contributed by atoms with E-state index in [-0.39, 0.29) is 45.5 Å². The highest BCUT2D eigenvalue weighted by Crippen LogP contribution is 2.41. The van der Waals surface area contributed by atoms with Gasteiger partial charge in [-0.2, -0.15) is 0 Å². The van der Waals surface area contributed by atoms with E-state index in [1.807, 2.05) is 84.9 Å². The van der Waals surface area contributed by atoms with Crippen molar-refractivity contribution < 1.29 is 15.1 Å². The highest BCUT2D eigenvalue weighted by molar-refractivity contribution is 5.99. The average molecular weight is 585 g/mol. The third-order valence-electron chi connectivity index (χ3n) is 7.84. The average Bonchev–Trinajstić information content (AvgIpc) is 3.23. The van der Waals surface area contributed by atoms with Crippen LogP contribution in [-0.4, -0.2) is 0 Å². The zero-order valence-corrected chi connectivity index (χ0v) is 24.0. The number of nitrogens with zero attached hydrogens (tertiary/aromatic N) is 1. The van der Waals surface area contributed by atoms with Crippen LogP contribution in [0.5, 0.6) is 0 Å². The van der Waals surface area contributed by atoms with E-state index in [1.54, 1.807) is 36.4 Å². The summed E-state index contributed by atoms with van der Waals surface area (Å²) in [5.74, 6) is 0. The van der Waals surface area contributed by atoms with Gasteiger partial charge in [0.2, 0.25) is 0 Å². The molecule has 0 N–H and O–H groups in total. The topological polar surface area (TPSA) is 3.24 Å². The van der Waals surface area contributed by atoms with Gasteiger partial charge in [-0.15, -0.1) is 0 Å². The molecule has 0 spiro atoms. The van der Waals surface area contributed by atoms with Crippen LogP contribution >= 0.6 is 0 Å². The van der Waals surface area contributed by atoms with Gasteiger partial charge < -0.3 is 4.90 Å². The zero-order chi connectivity index (χ0) is 39.6. The van der Waals surface area contributed by atoms with Gasteiger partial charge in [0.15, 0.2) is 0 Å². The standard InChI is InChI=1S/C44H31N/c1-2-10-32(11-3-1)34-20-22-35(23-21-34)36-26-28-41(29-27-36)45(44-19-9-15-37-13-6-7-18-43(37)44)42-17-8-16-39(31-42)40-25-24-33-12-4-5-14-38(33)30-40/h1-31H/i6D,7D,8D,9D,13D,15D,16D,17D,18D,19D,31D. The molecule has 0 bridgehead atoms. The van der Waals surface area contributed by atoms with E-state index in [0.717, 1.165) is 33.0 Å². The zero-order valence-electron chi connectivity index (χ0n) is 35.0. The number of rotatable bonds is 6. The lowest BCUT2D eigenvalue weighted by Crippen LogP contribution is -2.10. The fourth-order valence-corrected chi connectivity index (χ4v) is 5.56. The van der Waals surface area contributed by atoms with E-state index >= 15 is 0 Å². The van der Waals surface area contributed by atoms with Crippen molar-refractivity contribution in [2.45, 2.75) is 0 Å². The van der Waals surface area contributed by atoms with Crippen molar-refractivity contribution in [3.8, 4) is 33.4 Å². The van der Waals surface area contributed by atoms with E-state index < -0.39 is 54.4 Å². The van der Waals surface area contributed by atoms with Gasteiger partial charge in [-0.1, -0.05) is 151 Å². The number of anilines is 3. The molecule has 8 aromatic rings. The molecular weight excluding hydrogens is 542 g/mol. The fraction of sp³-hybridized carbons (Fsp3) is 0. The highest BCUT2D eigenvalue weighted by atomic mass is 15.1. The first-order chi connectivity index (χ1) is 26.9. The molecule has 8 aromatic carbocycles. The lowest BCUT2D eigenvalue weighted by molar-refractivity contribution is 1.30. The second-order valence-electron chi connectivity index (χ2n) is 10.6. The number of benzene rings is 8. The summed E-state index contributed by atoms with van der Waals surface area (Å²) in [6.07, 6.45) is 0. The third-order valence-corrected chi connectivity index (χ3v) is 7.84. The maximum absolute atomic E-state index is 9.65. The molecule has 0 amide bonds. The van der Waals surface area contributed by atoms with Gasteiger partial charge >= 0.3 is 0 Å². The second kappa shape index (κ2) is 11.6. The van der Waals surface area contributed by atoms with Crippen molar-refractivity contribution in [2.24, 2.45) is 0 Å². The lowest BCUT2D eigenvalue weighted by atomic mass is 9.99. The number of fused-ring (bicyclic) bond motifs is 2. The van der Waals surface area contributed by atoms with Crippen molar-refractivity contribution in [1.29, 1.82) is 0 Å². The Kier molecular flexibility index (Phi) is 4.50. The first-order valence-electron chi connectivity index (χ1n) is 20.0. The number of hydrogen-bond donors (Lipinski definition) is 0. The van der Waals surface area contributed by atoms with E-state index in [0.29, 0.717) is 5.56 Å². The Bertz CT molecular complexity index is 2850. The molecule has 0 aromatic heterocycles. The molecule has 45 heavy (non-hydrogen) atoms. The highest BCUT2D eigenvalue weighted by Gasteiger charge is 2.16. The summed E-state index contributed by atoms with van der Waals surface area (Å²) in [5.41, 5.74) is 4.09. The Labute approximate surface area is 279 Å². The monoisotopic (exact) mass is 584 g/mol. The predicted octanol–water partition coefficient (Wildman–Crippen LogP) is 12.5. The van der Waals surface area contributed by atoms with Crippen molar-refractivity contribution in [2.75, 3.05) is 4.90 Å². The molecule has 1 heteroatoms. The molecule has 0 saturated carbocycles. The smallest absolute Gasteiger partial charge is 0.0651 e. The minimum Gasteiger partial charge on any atom is -0.310 e. The summed E-state index contributed by atoms with van der Waals surface area (Å²) in [5, 5.41) is 1.22. The van der Waals surface area contributed by atoms with E-state index in [2.05, 4.69) is 0 Å². The molecule has 0 aliphatic rings. The van der Waals surface area contributed by atoms with Crippen LogP contribution in [0, 0.1) is 0 Å². The van der Waals surface area contributed by atoms with Crippen LogP contribution in [0.4, 0.5) is 17.1 Å². The molecule has 8 rings (SSSR count).